The minimum absolute atomic E-state index is 0.0255. The van der Waals surface area contributed by atoms with Crippen molar-refractivity contribution in [3.63, 3.8) is 0 Å². The molecule has 1 aliphatic rings. The van der Waals surface area contributed by atoms with Gasteiger partial charge in [-0.3, -0.25) is 19.8 Å². The molecule has 1 N–H and O–H groups in total. The highest BCUT2D eigenvalue weighted by Crippen LogP contribution is 2.27. The third-order valence-electron chi connectivity index (χ3n) is 4.73. The van der Waals surface area contributed by atoms with Gasteiger partial charge < -0.3 is 9.72 Å². The van der Waals surface area contributed by atoms with E-state index < -0.39 is 4.92 Å². The van der Waals surface area contributed by atoms with Gasteiger partial charge in [0.25, 0.3) is 11.2 Å². The van der Waals surface area contributed by atoms with Gasteiger partial charge in [0.1, 0.15) is 11.6 Å². The second-order valence-electron chi connectivity index (χ2n) is 7.80. The Bertz CT molecular complexity index is 930. The molecule has 0 saturated carbocycles. The number of nitrogens with one attached hydrogen (secondary N) is 1. The number of methoxy groups -OCH3 is 1. The first-order valence-electron chi connectivity index (χ1n) is 8.85. The van der Waals surface area contributed by atoms with E-state index in [0.717, 1.165) is 17.8 Å². The molecule has 0 saturated heterocycles. The number of aromatic amines is 1. The number of hydrogen-bond acceptors (Lipinski definition) is 6. The van der Waals surface area contributed by atoms with Crippen molar-refractivity contribution in [3.05, 3.63) is 61.3 Å². The largest absolute Gasteiger partial charge is 0.496 e. The van der Waals surface area contributed by atoms with Gasteiger partial charge in [-0.1, -0.05) is 20.8 Å². The van der Waals surface area contributed by atoms with Gasteiger partial charge in [-0.25, -0.2) is 4.98 Å². The van der Waals surface area contributed by atoms with Crippen LogP contribution in [0.2, 0.25) is 0 Å². The van der Waals surface area contributed by atoms with Crippen molar-refractivity contribution in [3.8, 4) is 5.75 Å². The van der Waals surface area contributed by atoms with E-state index in [9.17, 15) is 14.9 Å². The second-order valence-corrected chi connectivity index (χ2v) is 7.80. The van der Waals surface area contributed by atoms with E-state index >= 15 is 0 Å². The monoisotopic (exact) mass is 372 g/mol. The molecule has 1 aromatic heterocycles. The van der Waals surface area contributed by atoms with Crippen molar-refractivity contribution < 1.29 is 9.66 Å². The molecule has 0 unspecified atom stereocenters. The normalized spacial score (nSPS) is 14.7. The molecule has 0 amide bonds. The lowest BCUT2D eigenvalue weighted by atomic mass is 9.95. The van der Waals surface area contributed by atoms with Crippen LogP contribution < -0.4 is 10.3 Å². The van der Waals surface area contributed by atoms with Crippen molar-refractivity contribution in [1.82, 2.24) is 14.9 Å². The van der Waals surface area contributed by atoms with Crippen molar-refractivity contribution >= 4 is 5.69 Å². The summed E-state index contributed by atoms with van der Waals surface area (Å²) < 4.78 is 5.34. The summed E-state index contributed by atoms with van der Waals surface area (Å²) in [5, 5.41) is 11.1. The fourth-order valence-electron chi connectivity index (χ4n) is 3.21. The molecule has 27 heavy (non-hydrogen) atoms. The van der Waals surface area contributed by atoms with Crippen LogP contribution in [-0.2, 0) is 24.9 Å². The van der Waals surface area contributed by atoms with Gasteiger partial charge in [0.2, 0.25) is 0 Å². The minimum atomic E-state index is -0.420. The van der Waals surface area contributed by atoms with Crippen molar-refractivity contribution in [2.24, 2.45) is 0 Å². The van der Waals surface area contributed by atoms with Crippen LogP contribution in [0.4, 0.5) is 5.69 Å². The highest BCUT2D eigenvalue weighted by atomic mass is 16.6. The van der Waals surface area contributed by atoms with Gasteiger partial charge in [-0.05, 0) is 6.07 Å². The molecule has 1 aromatic carbocycles. The smallest absolute Gasteiger partial charge is 0.270 e. The maximum atomic E-state index is 12.6. The molecule has 3 rings (SSSR count). The zero-order chi connectivity index (χ0) is 19.8. The molecule has 2 heterocycles. The van der Waals surface area contributed by atoms with Crippen molar-refractivity contribution in [2.45, 2.75) is 45.7 Å². The highest BCUT2D eigenvalue weighted by molar-refractivity contribution is 5.44. The Balaban J connectivity index is 1.86. The van der Waals surface area contributed by atoms with Crippen LogP contribution in [0.3, 0.4) is 0 Å². The minimum Gasteiger partial charge on any atom is -0.496 e. The first-order chi connectivity index (χ1) is 12.7. The number of benzene rings is 1. The fraction of sp³-hybridized carbons (Fsp3) is 0.474. The summed E-state index contributed by atoms with van der Waals surface area (Å²) in [5.41, 5.74) is 1.93. The molecule has 8 nitrogen and oxygen atoms in total. The summed E-state index contributed by atoms with van der Waals surface area (Å²) in [6.07, 6.45) is 0.666. The molecule has 8 heteroatoms. The molecule has 0 atom stereocenters. The number of nitro benzene ring substituents is 1. The summed E-state index contributed by atoms with van der Waals surface area (Å²) in [6, 6.07) is 4.56. The maximum Gasteiger partial charge on any atom is 0.270 e. The Labute approximate surface area is 157 Å². The van der Waals surface area contributed by atoms with Crippen LogP contribution in [0.15, 0.2) is 23.0 Å². The number of hydrogen-bond donors (Lipinski definition) is 1. The standard InChI is InChI=1S/C19H24N4O4/c1-19(2,3)18-20-15-7-8-22(11-14(15)17(24)21-18)10-12-9-13(23(25)26)5-6-16(12)27-4/h5-6,9H,7-8,10-11H2,1-4H3,(H,20,21,24). The van der Waals surface area contributed by atoms with Gasteiger partial charge in [-0.15, -0.1) is 0 Å². The lowest BCUT2D eigenvalue weighted by Crippen LogP contribution is -2.37. The van der Waals surface area contributed by atoms with E-state index in [0.29, 0.717) is 36.6 Å². The molecular weight excluding hydrogens is 348 g/mol. The Morgan fingerprint density at radius 3 is 2.74 bits per heavy atom. The van der Waals surface area contributed by atoms with E-state index in [2.05, 4.69) is 14.9 Å². The topological polar surface area (TPSA) is 101 Å². The Morgan fingerprint density at radius 1 is 1.37 bits per heavy atom. The molecular formula is C19H24N4O4. The molecule has 144 valence electrons. The van der Waals surface area contributed by atoms with Crippen LogP contribution >= 0.6 is 0 Å². The van der Waals surface area contributed by atoms with Gasteiger partial charge in [0.05, 0.1) is 23.3 Å². The number of H-pyrrole nitrogens is 1. The van der Waals surface area contributed by atoms with Crippen LogP contribution in [0.25, 0.3) is 0 Å². The average Bonchev–Trinajstić information content (AvgIpc) is 2.61. The average molecular weight is 372 g/mol. The number of nitro groups is 1. The Morgan fingerprint density at radius 2 is 2.11 bits per heavy atom. The molecule has 0 fully saturated rings. The Hall–Kier alpha value is -2.74. The van der Waals surface area contributed by atoms with Gasteiger partial charge >= 0.3 is 0 Å². The first-order valence-corrected chi connectivity index (χ1v) is 8.85. The number of aromatic nitrogens is 2. The van der Waals surface area contributed by atoms with Crippen LogP contribution in [0.1, 0.15) is 43.4 Å². The zero-order valence-electron chi connectivity index (χ0n) is 16.0. The lowest BCUT2D eigenvalue weighted by Gasteiger charge is -2.29. The third kappa shape index (κ3) is 4.00. The highest BCUT2D eigenvalue weighted by Gasteiger charge is 2.25. The predicted octanol–water partition coefficient (Wildman–Crippen LogP) is 2.54. The van der Waals surface area contributed by atoms with Gasteiger partial charge in [0, 0.05) is 49.2 Å². The number of non-ortho nitro benzene ring substituents is 1. The number of ether oxygens (including phenoxy) is 1. The van der Waals surface area contributed by atoms with Gasteiger partial charge in [-0.2, -0.15) is 0 Å². The van der Waals surface area contributed by atoms with Crippen LogP contribution in [0, 0.1) is 10.1 Å². The third-order valence-corrected chi connectivity index (χ3v) is 4.73. The van der Waals surface area contributed by atoms with Crippen LogP contribution in [-0.4, -0.2) is 33.4 Å². The molecule has 0 aliphatic carbocycles. The quantitative estimate of drug-likeness (QED) is 0.654. The summed E-state index contributed by atoms with van der Waals surface area (Å²) in [4.78, 5) is 32.8. The van der Waals surface area contributed by atoms with Crippen molar-refractivity contribution in [2.75, 3.05) is 13.7 Å². The van der Waals surface area contributed by atoms with Crippen LogP contribution in [0.5, 0.6) is 5.75 Å². The lowest BCUT2D eigenvalue weighted by molar-refractivity contribution is -0.385. The summed E-state index contributed by atoms with van der Waals surface area (Å²) in [7, 11) is 1.54. The number of fused-ring (bicyclic) bond motifs is 1. The molecule has 2 aromatic rings. The summed E-state index contributed by atoms with van der Waals surface area (Å²) in [5.74, 6) is 1.29. The van der Waals surface area contributed by atoms with E-state index in [-0.39, 0.29) is 16.7 Å². The molecule has 0 bridgehead atoms. The van der Waals surface area contributed by atoms with Gasteiger partial charge in [0.15, 0.2) is 0 Å². The SMILES string of the molecule is COc1ccc([N+](=O)[O-])cc1CN1CCc2nc(C(C)(C)C)[nH]c(=O)c2C1. The van der Waals surface area contributed by atoms with Crippen molar-refractivity contribution in [1.29, 1.82) is 0 Å². The van der Waals surface area contributed by atoms with E-state index in [1.54, 1.807) is 13.2 Å². The number of rotatable bonds is 4. The first kappa shape index (κ1) is 19.0. The Kier molecular flexibility index (Phi) is 5.01. The van der Waals surface area contributed by atoms with E-state index in [1.165, 1.54) is 12.1 Å². The fourth-order valence-corrected chi connectivity index (χ4v) is 3.21. The summed E-state index contributed by atoms with van der Waals surface area (Å²) >= 11 is 0. The molecule has 1 aliphatic heterocycles. The van der Waals surface area contributed by atoms with E-state index in [1.807, 2.05) is 20.8 Å². The second kappa shape index (κ2) is 7.11. The zero-order valence-corrected chi connectivity index (χ0v) is 16.0. The summed E-state index contributed by atoms with van der Waals surface area (Å²) in [6.45, 7) is 7.68. The maximum absolute atomic E-state index is 12.6. The molecule has 0 spiro atoms. The number of nitrogens with zero attached hydrogens (tertiary/aromatic N) is 3. The van der Waals surface area contributed by atoms with E-state index in [4.69, 9.17) is 4.74 Å². The molecule has 0 radical (unpaired) electrons. The predicted molar refractivity (Wildman–Crippen MR) is 101 cm³/mol.